The molecule has 25 heavy (non-hydrogen) atoms. The van der Waals surface area contributed by atoms with Crippen LogP contribution in [0.3, 0.4) is 0 Å². The van der Waals surface area contributed by atoms with Crippen molar-refractivity contribution in [2.75, 3.05) is 6.54 Å². The quantitative estimate of drug-likeness (QED) is 0.701. The third kappa shape index (κ3) is 2.87. The summed E-state index contributed by atoms with van der Waals surface area (Å²) in [4.78, 5) is 19.3. The van der Waals surface area contributed by atoms with Gasteiger partial charge in [-0.2, -0.15) is 0 Å². The Hall–Kier alpha value is -2.13. The molecule has 0 bridgehead atoms. The topological polar surface area (TPSA) is 36.1 Å². The van der Waals surface area contributed by atoms with E-state index in [-0.39, 0.29) is 5.43 Å². The van der Waals surface area contributed by atoms with Crippen LogP contribution in [0.2, 0.25) is 0 Å². The highest BCUT2D eigenvalue weighted by atomic mass is 16.1. The maximum atomic E-state index is 13.2. The van der Waals surface area contributed by atoms with Gasteiger partial charge in [-0.15, -0.1) is 0 Å². The van der Waals surface area contributed by atoms with Gasteiger partial charge in [0.15, 0.2) is 5.43 Å². The number of piperidine rings is 1. The summed E-state index contributed by atoms with van der Waals surface area (Å²) in [6.07, 6.45) is 4.97. The summed E-state index contributed by atoms with van der Waals surface area (Å²) in [5, 5.41) is 3.10. The number of nitrogens with one attached hydrogen (secondary N) is 1. The molecule has 0 radical (unpaired) electrons. The minimum absolute atomic E-state index is 0.192. The number of aromatic nitrogens is 1. The summed E-state index contributed by atoms with van der Waals surface area (Å²) >= 11 is 0. The first-order chi connectivity index (χ1) is 12.2. The summed E-state index contributed by atoms with van der Waals surface area (Å²) < 4.78 is 0. The fourth-order valence-corrected chi connectivity index (χ4v) is 4.32. The number of H-pyrrole nitrogens is 1. The largest absolute Gasteiger partial charge is 0.358 e. The maximum absolute atomic E-state index is 13.2. The molecule has 130 valence electrons. The van der Waals surface area contributed by atoms with Crippen molar-refractivity contribution in [1.29, 1.82) is 0 Å². The second-order valence-electron chi connectivity index (χ2n) is 7.30. The molecule has 1 aromatic heterocycles. The normalized spacial score (nSPS) is 18.9. The first kappa shape index (κ1) is 16.3. The fourth-order valence-electron chi connectivity index (χ4n) is 4.32. The van der Waals surface area contributed by atoms with Crippen LogP contribution in [-0.4, -0.2) is 22.5 Å². The Morgan fingerprint density at radius 2 is 1.96 bits per heavy atom. The van der Waals surface area contributed by atoms with Gasteiger partial charge in [-0.05, 0) is 44.2 Å². The lowest BCUT2D eigenvalue weighted by atomic mass is 9.98. The summed E-state index contributed by atoms with van der Waals surface area (Å²) in [7, 11) is 0. The minimum atomic E-state index is 0.192. The van der Waals surface area contributed by atoms with E-state index in [2.05, 4.69) is 35.0 Å². The molecule has 1 N–H and O–H groups in total. The number of fused-ring (bicyclic) bond motifs is 3. The van der Waals surface area contributed by atoms with Crippen molar-refractivity contribution < 1.29 is 0 Å². The number of pyridine rings is 1. The van der Waals surface area contributed by atoms with Crippen molar-refractivity contribution in [1.82, 2.24) is 9.88 Å². The van der Waals surface area contributed by atoms with Crippen molar-refractivity contribution >= 4 is 21.7 Å². The van der Waals surface area contributed by atoms with Gasteiger partial charge < -0.3 is 4.98 Å². The molecule has 3 nitrogen and oxygen atoms in total. The number of nitrogens with zero attached hydrogens (tertiary/aromatic N) is 1. The average molecular weight is 334 g/mol. The number of hydrogen-bond acceptors (Lipinski definition) is 2. The van der Waals surface area contributed by atoms with E-state index >= 15 is 0 Å². The van der Waals surface area contributed by atoms with Gasteiger partial charge in [0.25, 0.3) is 0 Å². The molecule has 0 aliphatic carbocycles. The van der Waals surface area contributed by atoms with Crippen molar-refractivity contribution in [3.05, 3.63) is 57.9 Å². The average Bonchev–Trinajstić information content (AvgIpc) is 2.65. The van der Waals surface area contributed by atoms with Gasteiger partial charge in [0.05, 0.1) is 5.52 Å². The van der Waals surface area contributed by atoms with Crippen molar-refractivity contribution in [3.8, 4) is 0 Å². The fraction of sp³-hybridized carbons (Fsp3) is 0.409. The van der Waals surface area contributed by atoms with Crippen molar-refractivity contribution in [2.45, 2.75) is 52.1 Å². The highest BCUT2D eigenvalue weighted by Gasteiger charge is 2.23. The number of benzene rings is 2. The molecule has 1 fully saturated rings. The lowest BCUT2D eigenvalue weighted by Crippen LogP contribution is -2.39. The zero-order valence-electron chi connectivity index (χ0n) is 15.1. The van der Waals surface area contributed by atoms with Crippen LogP contribution in [-0.2, 0) is 6.54 Å². The van der Waals surface area contributed by atoms with Gasteiger partial charge in [0, 0.05) is 34.6 Å². The first-order valence-electron chi connectivity index (χ1n) is 9.46. The van der Waals surface area contributed by atoms with Crippen molar-refractivity contribution in [3.63, 3.8) is 0 Å². The number of likely N-dealkylation sites (tertiary alicyclic amines) is 1. The summed E-state index contributed by atoms with van der Waals surface area (Å²) in [5.41, 5.74) is 3.10. The smallest absolute Gasteiger partial charge is 0.194 e. The Kier molecular flexibility index (Phi) is 4.34. The van der Waals surface area contributed by atoms with E-state index in [1.165, 1.54) is 24.6 Å². The molecule has 0 spiro atoms. The predicted octanol–water partition coefficient (Wildman–Crippen LogP) is 4.75. The molecular formula is C22H26N2O. The lowest BCUT2D eigenvalue weighted by molar-refractivity contribution is 0.135. The number of hydrogen-bond donors (Lipinski definition) is 1. The molecular weight excluding hydrogens is 308 g/mol. The first-order valence-corrected chi connectivity index (χ1v) is 9.46. The Morgan fingerprint density at radius 1 is 1.12 bits per heavy atom. The second-order valence-corrected chi connectivity index (χ2v) is 7.30. The molecule has 1 aliphatic rings. The highest BCUT2D eigenvalue weighted by molar-refractivity contribution is 6.05. The van der Waals surface area contributed by atoms with Crippen LogP contribution in [0.1, 0.15) is 43.9 Å². The molecule has 2 aromatic carbocycles. The van der Waals surface area contributed by atoms with Crippen LogP contribution < -0.4 is 5.43 Å². The monoisotopic (exact) mass is 334 g/mol. The summed E-state index contributed by atoms with van der Waals surface area (Å²) in [6.45, 7) is 6.17. The van der Waals surface area contributed by atoms with Crippen molar-refractivity contribution in [2.24, 2.45) is 0 Å². The molecule has 0 saturated carbocycles. The zero-order chi connectivity index (χ0) is 17.4. The van der Waals surface area contributed by atoms with E-state index in [1.807, 2.05) is 25.1 Å². The van der Waals surface area contributed by atoms with Gasteiger partial charge in [0.1, 0.15) is 0 Å². The van der Waals surface area contributed by atoms with E-state index in [4.69, 9.17) is 0 Å². The van der Waals surface area contributed by atoms with E-state index in [9.17, 15) is 4.79 Å². The number of aromatic amines is 1. The van der Waals surface area contributed by atoms with Gasteiger partial charge in [-0.3, -0.25) is 9.69 Å². The third-order valence-corrected chi connectivity index (χ3v) is 5.79. The Morgan fingerprint density at radius 3 is 2.80 bits per heavy atom. The van der Waals surface area contributed by atoms with Crippen LogP contribution in [0, 0.1) is 6.92 Å². The third-order valence-electron chi connectivity index (χ3n) is 5.79. The van der Waals surface area contributed by atoms with Gasteiger partial charge in [-0.1, -0.05) is 43.7 Å². The molecule has 3 heteroatoms. The van der Waals surface area contributed by atoms with Crippen LogP contribution >= 0.6 is 0 Å². The standard InChI is InChI=1S/C22H26N2O/c1-3-17-9-6-7-13-24(17)14-20-15(2)23-21-18-10-5-4-8-16(18)11-12-19(21)22(20)25/h4-5,8,10-12,17H,3,6-7,9,13-14H2,1-2H3,(H,23,25)/t17-/m1/s1. The Labute approximate surface area is 148 Å². The molecule has 1 aliphatic heterocycles. The molecule has 1 saturated heterocycles. The lowest BCUT2D eigenvalue weighted by Gasteiger charge is -2.35. The van der Waals surface area contributed by atoms with Crippen LogP contribution in [0.15, 0.2) is 41.2 Å². The molecule has 0 unspecified atom stereocenters. The van der Waals surface area contributed by atoms with E-state index < -0.39 is 0 Å². The maximum Gasteiger partial charge on any atom is 0.194 e. The SMILES string of the molecule is CC[C@@H]1CCCCN1Cc1c(C)[nH]c2c(ccc3ccccc32)c1=O. The molecule has 1 atom stereocenters. The van der Waals surface area contributed by atoms with Crippen LogP contribution in [0.25, 0.3) is 21.7 Å². The molecule has 0 amide bonds. The molecule has 4 rings (SSSR count). The van der Waals surface area contributed by atoms with Gasteiger partial charge in [-0.25, -0.2) is 0 Å². The Balaban J connectivity index is 1.82. The van der Waals surface area contributed by atoms with Crippen LogP contribution in [0.5, 0.6) is 0 Å². The van der Waals surface area contributed by atoms with Crippen LogP contribution in [0.4, 0.5) is 0 Å². The van der Waals surface area contributed by atoms with Gasteiger partial charge in [0.2, 0.25) is 0 Å². The van der Waals surface area contributed by atoms with Gasteiger partial charge >= 0.3 is 0 Å². The number of aryl methyl sites for hydroxylation is 1. The minimum Gasteiger partial charge on any atom is -0.358 e. The predicted molar refractivity (Wildman–Crippen MR) is 105 cm³/mol. The summed E-state index contributed by atoms with van der Waals surface area (Å²) in [6, 6.07) is 12.9. The summed E-state index contributed by atoms with van der Waals surface area (Å²) in [5.74, 6) is 0. The van der Waals surface area contributed by atoms with E-state index in [0.717, 1.165) is 47.1 Å². The van der Waals surface area contributed by atoms with E-state index in [1.54, 1.807) is 0 Å². The zero-order valence-corrected chi connectivity index (χ0v) is 15.1. The second kappa shape index (κ2) is 6.64. The van der Waals surface area contributed by atoms with E-state index in [0.29, 0.717) is 6.04 Å². The number of rotatable bonds is 3. The molecule has 3 aromatic rings. The Bertz CT molecular complexity index is 973. The molecule has 2 heterocycles. The highest BCUT2D eigenvalue weighted by Crippen LogP contribution is 2.25.